The topological polar surface area (TPSA) is 43.8 Å². The summed E-state index contributed by atoms with van der Waals surface area (Å²) in [6.07, 6.45) is 6.80. The van der Waals surface area contributed by atoms with E-state index in [4.69, 9.17) is 0 Å². The lowest BCUT2D eigenvalue weighted by atomic mass is 9.74. The van der Waals surface area contributed by atoms with E-state index >= 15 is 0 Å². The molecule has 0 unspecified atom stereocenters. The lowest BCUT2D eigenvalue weighted by Crippen LogP contribution is -2.68. The summed E-state index contributed by atoms with van der Waals surface area (Å²) in [6.45, 7) is 2.91. The maximum atomic E-state index is 12.7. The molecule has 4 heteroatoms. The van der Waals surface area contributed by atoms with Crippen molar-refractivity contribution in [2.75, 3.05) is 26.2 Å². The van der Waals surface area contributed by atoms with Crippen molar-refractivity contribution < 1.29 is 9.90 Å². The van der Waals surface area contributed by atoms with Crippen molar-refractivity contribution in [1.29, 1.82) is 0 Å². The Morgan fingerprint density at radius 2 is 1.82 bits per heavy atom. The number of carbonyl (C=O) groups excluding carboxylic acids is 1. The Kier molecular flexibility index (Phi) is 4.90. The van der Waals surface area contributed by atoms with E-state index in [0.29, 0.717) is 23.8 Å². The van der Waals surface area contributed by atoms with Gasteiger partial charge in [0.1, 0.15) is 0 Å². The van der Waals surface area contributed by atoms with E-state index in [1.165, 1.54) is 18.4 Å². The summed E-state index contributed by atoms with van der Waals surface area (Å²) in [4.78, 5) is 17.3. The largest absolute Gasteiger partial charge is 0.395 e. The predicted molar refractivity (Wildman–Crippen MR) is 109 cm³/mol. The lowest BCUT2D eigenvalue weighted by molar-refractivity contribution is -0.137. The molecular weight excluding hydrogens is 348 g/mol. The summed E-state index contributed by atoms with van der Waals surface area (Å²) in [5, 5.41) is 10.1. The monoisotopic (exact) mass is 378 g/mol. The van der Waals surface area contributed by atoms with Crippen molar-refractivity contribution in [3.05, 3.63) is 35.4 Å². The molecule has 2 heterocycles. The summed E-state index contributed by atoms with van der Waals surface area (Å²) in [7, 11) is 0. The molecule has 2 saturated carbocycles. The second-order valence-corrected chi connectivity index (χ2v) is 9.01. The van der Waals surface area contributed by atoms with Crippen LogP contribution in [0, 0.1) is 23.7 Å². The van der Waals surface area contributed by atoms with Crippen LogP contribution < -0.4 is 0 Å². The number of aliphatic hydroxyl groups excluding tert-OH is 1. The van der Waals surface area contributed by atoms with Crippen molar-refractivity contribution in [2.24, 2.45) is 11.8 Å². The third-order valence-electron chi connectivity index (χ3n) is 6.90. The summed E-state index contributed by atoms with van der Waals surface area (Å²) < 4.78 is 0. The van der Waals surface area contributed by atoms with Gasteiger partial charge in [0.25, 0.3) is 0 Å². The first-order valence-corrected chi connectivity index (χ1v) is 11.0. The van der Waals surface area contributed by atoms with Crippen LogP contribution in [0.25, 0.3) is 0 Å². The van der Waals surface area contributed by atoms with E-state index in [1.54, 1.807) is 0 Å². The highest BCUT2D eigenvalue weighted by Gasteiger charge is 2.50. The molecule has 0 bridgehead atoms. The van der Waals surface area contributed by atoms with Crippen LogP contribution in [0.1, 0.15) is 55.6 Å². The molecule has 5 rings (SSSR count). The van der Waals surface area contributed by atoms with Crippen LogP contribution >= 0.6 is 0 Å². The maximum Gasteiger partial charge on any atom is 0.225 e. The van der Waals surface area contributed by atoms with Crippen molar-refractivity contribution >= 4 is 5.91 Å². The molecule has 1 aromatic rings. The average molecular weight is 379 g/mol. The van der Waals surface area contributed by atoms with Crippen LogP contribution in [-0.4, -0.2) is 59.1 Å². The Balaban J connectivity index is 1.34. The van der Waals surface area contributed by atoms with Crippen LogP contribution in [-0.2, 0) is 4.79 Å². The van der Waals surface area contributed by atoms with Gasteiger partial charge in [-0.1, -0.05) is 24.0 Å². The third kappa shape index (κ3) is 3.58. The molecule has 0 aromatic heterocycles. The number of aliphatic hydroxyl groups is 1. The smallest absolute Gasteiger partial charge is 0.225 e. The van der Waals surface area contributed by atoms with Crippen LogP contribution in [0.15, 0.2) is 24.3 Å². The highest BCUT2D eigenvalue weighted by Crippen LogP contribution is 2.42. The highest BCUT2D eigenvalue weighted by molar-refractivity contribution is 5.81. The van der Waals surface area contributed by atoms with Crippen molar-refractivity contribution in [3.8, 4) is 11.8 Å². The van der Waals surface area contributed by atoms with Gasteiger partial charge in [-0.05, 0) is 62.8 Å². The molecule has 4 aliphatic rings. The fourth-order valence-corrected chi connectivity index (χ4v) is 4.93. The molecule has 2 aliphatic heterocycles. The van der Waals surface area contributed by atoms with Gasteiger partial charge in [0, 0.05) is 48.5 Å². The molecule has 0 radical (unpaired) electrons. The zero-order valence-electron chi connectivity index (χ0n) is 16.5. The van der Waals surface area contributed by atoms with Crippen LogP contribution in [0.3, 0.4) is 0 Å². The molecule has 28 heavy (non-hydrogen) atoms. The summed E-state index contributed by atoms with van der Waals surface area (Å²) in [5.41, 5.74) is 2.35. The molecule has 148 valence electrons. The number of fused-ring (bicyclic) bond motifs is 1. The fourth-order valence-electron chi connectivity index (χ4n) is 4.93. The minimum atomic E-state index is 0.171. The van der Waals surface area contributed by atoms with Crippen LogP contribution in [0.5, 0.6) is 0 Å². The van der Waals surface area contributed by atoms with Gasteiger partial charge in [-0.15, -0.1) is 0 Å². The normalized spacial score (nSPS) is 30.3. The minimum Gasteiger partial charge on any atom is -0.395 e. The Morgan fingerprint density at radius 1 is 1.07 bits per heavy atom. The van der Waals surface area contributed by atoms with Gasteiger partial charge in [0.2, 0.25) is 5.91 Å². The Hall–Kier alpha value is -1.83. The van der Waals surface area contributed by atoms with Gasteiger partial charge in [0.05, 0.1) is 6.61 Å². The highest BCUT2D eigenvalue weighted by atomic mass is 16.3. The molecule has 0 spiro atoms. The van der Waals surface area contributed by atoms with E-state index in [-0.39, 0.29) is 18.6 Å². The number of nitrogens with zero attached hydrogens (tertiary/aromatic N) is 2. The molecule has 4 nitrogen and oxygen atoms in total. The first-order valence-electron chi connectivity index (χ1n) is 11.0. The standard InChI is InChI=1S/C24H30N2O2/c27-16-22-23(19-9-7-18(8-10-19)6-5-17-3-4-17)21-15-25(24(28)20-11-12-20)13-1-2-14-26(21)22/h7-10,17,20-23,27H,1-4,11-16H2/t21-,22-,23-/m1/s1. The van der Waals surface area contributed by atoms with Gasteiger partial charge in [0.15, 0.2) is 0 Å². The van der Waals surface area contributed by atoms with Crippen LogP contribution in [0.2, 0.25) is 0 Å². The van der Waals surface area contributed by atoms with Gasteiger partial charge >= 0.3 is 0 Å². The van der Waals surface area contributed by atoms with Crippen molar-refractivity contribution in [1.82, 2.24) is 9.80 Å². The SMILES string of the molecule is O=C(C1CC1)N1CCCCN2[C@H](CO)[C@H](c3ccc(C#CC4CC4)cc3)[C@H]2C1. The van der Waals surface area contributed by atoms with Crippen LogP contribution in [0.4, 0.5) is 0 Å². The Morgan fingerprint density at radius 3 is 2.50 bits per heavy atom. The molecule has 3 atom stereocenters. The molecule has 1 aromatic carbocycles. The molecule has 1 amide bonds. The molecule has 1 N–H and O–H groups in total. The zero-order valence-corrected chi connectivity index (χ0v) is 16.5. The average Bonchev–Trinajstić information content (AvgIpc) is 3.59. The van der Waals surface area contributed by atoms with Gasteiger partial charge in [-0.3, -0.25) is 9.69 Å². The maximum absolute atomic E-state index is 12.7. The Bertz CT molecular complexity index is 785. The molecule has 2 aliphatic carbocycles. The van der Waals surface area contributed by atoms with Gasteiger partial charge in [-0.2, -0.15) is 0 Å². The predicted octanol–water partition coefficient (Wildman–Crippen LogP) is 2.61. The van der Waals surface area contributed by atoms with Crippen molar-refractivity contribution in [2.45, 2.75) is 56.5 Å². The number of hydrogen-bond donors (Lipinski definition) is 1. The number of amides is 1. The zero-order chi connectivity index (χ0) is 19.1. The van der Waals surface area contributed by atoms with E-state index in [1.807, 2.05) is 0 Å². The molecule has 2 saturated heterocycles. The summed E-state index contributed by atoms with van der Waals surface area (Å²) >= 11 is 0. The van der Waals surface area contributed by atoms with Gasteiger partial charge in [-0.25, -0.2) is 0 Å². The van der Waals surface area contributed by atoms with E-state index < -0.39 is 0 Å². The molecule has 4 fully saturated rings. The minimum absolute atomic E-state index is 0.171. The summed E-state index contributed by atoms with van der Waals surface area (Å²) in [6, 6.07) is 9.11. The molecular formula is C24H30N2O2. The number of hydrogen-bond acceptors (Lipinski definition) is 3. The third-order valence-corrected chi connectivity index (χ3v) is 6.90. The number of benzene rings is 1. The first-order chi connectivity index (χ1) is 13.7. The number of rotatable bonds is 3. The van der Waals surface area contributed by atoms with Crippen molar-refractivity contribution in [3.63, 3.8) is 0 Å². The van der Waals surface area contributed by atoms with Gasteiger partial charge < -0.3 is 10.0 Å². The quantitative estimate of drug-likeness (QED) is 0.823. The Labute approximate surface area is 167 Å². The van der Waals surface area contributed by atoms with E-state index in [2.05, 4.69) is 45.9 Å². The van der Waals surface area contributed by atoms with E-state index in [9.17, 15) is 9.90 Å². The second kappa shape index (κ2) is 7.54. The summed E-state index contributed by atoms with van der Waals surface area (Å²) in [5.74, 6) is 8.16. The first kappa shape index (κ1) is 18.2. The fraction of sp³-hybridized carbons (Fsp3) is 0.625. The van der Waals surface area contributed by atoms with E-state index in [0.717, 1.165) is 50.9 Å². The lowest BCUT2D eigenvalue weighted by Gasteiger charge is -2.57. The second-order valence-electron chi connectivity index (χ2n) is 9.01. The number of carbonyl (C=O) groups is 1.